The Morgan fingerprint density at radius 2 is 1.46 bits per heavy atom. The summed E-state index contributed by atoms with van der Waals surface area (Å²) in [6.45, 7) is 10.8. The lowest BCUT2D eigenvalue weighted by molar-refractivity contribution is -0.268. The maximum Gasteiger partial charge on any atom is 0.416 e. The van der Waals surface area contributed by atoms with Gasteiger partial charge < -0.3 is 28.1 Å². The van der Waals surface area contributed by atoms with Gasteiger partial charge in [0, 0.05) is 39.0 Å². The second kappa shape index (κ2) is 19.8. The summed E-state index contributed by atoms with van der Waals surface area (Å²) in [5.41, 5.74) is 0.0185. The molecule has 3 heterocycles. The minimum absolute atomic E-state index is 0.00484. The van der Waals surface area contributed by atoms with E-state index < -0.39 is 42.3 Å². The molecule has 1 fully saturated rings. The smallest absolute Gasteiger partial charge is 0.416 e. The van der Waals surface area contributed by atoms with Crippen molar-refractivity contribution < 1.29 is 41.3 Å². The first-order valence-electron chi connectivity index (χ1n) is 17.6. The summed E-state index contributed by atoms with van der Waals surface area (Å²) in [7, 11) is 0. The maximum absolute atomic E-state index is 14.4. The molecule has 1 aliphatic rings. The van der Waals surface area contributed by atoms with Crippen LogP contribution in [-0.2, 0) is 36.3 Å². The molecule has 1 aromatic carbocycles. The summed E-state index contributed by atoms with van der Waals surface area (Å²) in [6.07, 6.45) is 3.26. The lowest BCUT2D eigenvalue weighted by Gasteiger charge is -2.46. The number of hydrogen-bond donors (Lipinski definition) is 0. The molecule has 48 heavy (non-hydrogen) atoms. The van der Waals surface area contributed by atoms with Crippen molar-refractivity contribution in [2.45, 2.75) is 122 Å². The molecular weight excluding hydrogens is 643 g/mol. The van der Waals surface area contributed by atoms with Crippen molar-refractivity contribution in [3.05, 3.63) is 64.5 Å². The molecule has 0 spiro atoms. The van der Waals surface area contributed by atoms with Crippen LogP contribution in [0.2, 0.25) is 0 Å². The largest absolute Gasteiger partial charge is 0.463 e. The zero-order valence-corrected chi connectivity index (χ0v) is 29.6. The number of benzene rings is 1. The quantitative estimate of drug-likeness (QED) is 0.103. The number of halogens is 3. The maximum atomic E-state index is 14.4. The molecular formula is C37H52F3NO6S. The molecule has 7 nitrogen and oxygen atoms in total. The Morgan fingerprint density at radius 1 is 0.812 bits per heavy atom. The predicted octanol–water partition coefficient (Wildman–Crippen LogP) is 9.83. The molecule has 1 aliphatic heterocycles. The third kappa shape index (κ3) is 10.9. The van der Waals surface area contributed by atoms with Gasteiger partial charge in [-0.3, -0.25) is 0 Å². The first kappa shape index (κ1) is 38.5. The summed E-state index contributed by atoms with van der Waals surface area (Å²) >= 11 is 1.31. The Kier molecular flexibility index (Phi) is 15.9. The van der Waals surface area contributed by atoms with Crippen LogP contribution in [0.5, 0.6) is 0 Å². The third-order valence-electron chi connectivity index (χ3n) is 8.41. The second-order valence-electron chi connectivity index (χ2n) is 12.3. The van der Waals surface area contributed by atoms with E-state index in [2.05, 4.69) is 32.7 Å². The van der Waals surface area contributed by atoms with Crippen molar-refractivity contribution >= 4 is 11.3 Å². The zero-order valence-electron chi connectivity index (χ0n) is 28.8. The highest BCUT2D eigenvalue weighted by molar-refractivity contribution is 7.15. The van der Waals surface area contributed by atoms with Gasteiger partial charge >= 0.3 is 6.18 Å². The molecule has 0 radical (unpaired) electrons. The standard InChI is InChI=1S/C37H52F3NO6S/c1-5-9-17-42-25-30-34(44-18-10-6-2)36(46-20-12-8-4)35(45-19-11-7-3)33(47-30)26-15-16-28(37(38,39)40)27(22-26)23-32-41-24-31(48-32)29-14-13-21-43-29/h13-16,21-22,24,30,33-36H,5-12,17-20,23,25H2,1-4H3/t30-,33+,34-,35+,36+/m1/s1. The first-order chi connectivity index (χ1) is 23.3. The molecule has 0 aliphatic carbocycles. The van der Waals surface area contributed by atoms with Crippen LogP contribution >= 0.6 is 11.3 Å². The van der Waals surface area contributed by atoms with Gasteiger partial charge in [-0.2, -0.15) is 13.2 Å². The topological polar surface area (TPSA) is 72.2 Å². The highest BCUT2D eigenvalue weighted by atomic mass is 32.1. The van der Waals surface area contributed by atoms with Gasteiger partial charge in [0.25, 0.3) is 0 Å². The van der Waals surface area contributed by atoms with Crippen molar-refractivity contribution in [2.24, 2.45) is 0 Å². The van der Waals surface area contributed by atoms with E-state index in [1.807, 2.05) is 0 Å². The van der Waals surface area contributed by atoms with Crippen LogP contribution in [0.25, 0.3) is 10.6 Å². The van der Waals surface area contributed by atoms with Crippen molar-refractivity contribution in [2.75, 3.05) is 33.0 Å². The van der Waals surface area contributed by atoms with Gasteiger partial charge in [-0.1, -0.05) is 65.5 Å². The molecule has 4 rings (SSSR count). The lowest BCUT2D eigenvalue weighted by atomic mass is 9.88. The number of furan rings is 1. The Morgan fingerprint density at radius 3 is 2.08 bits per heavy atom. The molecule has 0 saturated carbocycles. The normalized spacial score (nSPS) is 21.6. The number of alkyl halides is 3. The Bertz CT molecular complexity index is 1320. The molecule has 0 bridgehead atoms. The zero-order chi connectivity index (χ0) is 34.4. The molecule has 0 unspecified atom stereocenters. The monoisotopic (exact) mass is 695 g/mol. The molecule has 1 saturated heterocycles. The van der Waals surface area contributed by atoms with Crippen molar-refractivity contribution in [3.8, 4) is 10.6 Å². The van der Waals surface area contributed by atoms with Gasteiger partial charge in [0.05, 0.1) is 28.3 Å². The fourth-order valence-electron chi connectivity index (χ4n) is 5.73. The molecule has 3 aromatic rings. The fraction of sp³-hybridized carbons (Fsp3) is 0.649. The van der Waals surface area contributed by atoms with Crippen LogP contribution in [0, 0.1) is 0 Å². The van der Waals surface area contributed by atoms with E-state index >= 15 is 0 Å². The number of hydrogen-bond acceptors (Lipinski definition) is 8. The van der Waals surface area contributed by atoms with E-state index in [4.69, 9.17) is 28.1 Å². The first-order valence-corrected chi connectivity index (χ1v) is 18.4. The lowest BCUT2D eigenvalue weighted by Crippen LogP contribution is -2.58. The number of rotatable bonds is 21. The van der Waals surface area contributed by atoms with Crippen LogP contribution in [0.1, 0.15) is 107 Å². The molecule has 5 atom stereocenters. The van der Waals surface area contributed by atoms with Crippen LogP contribution < -0.4 is 0 Å². The Labute approximate surface area is 287 Å². The minimum Gasteiger partial charge on any atom is -0.463 e. The van der Waals surface area contributed by atoms with E-state index in [1.165, 1.54) is 17.4 Å². The van der Waals surface area contributed by atoms with Gasteiger partial charge in [0.15, 0.2) is 0 Å². The van der Waals surface area contributed by atoms with E-state index in [0.717, 1.165) is 62.3 Å². The third-order valence-corrected chi connectivity index (χ3v) is 9.42. The van der Waals surface area contributed by atoms with Gasteiger partial charge in [-0.05, 0) is 55.0 Å². The highest BCUT2D eigenvalue weighted by Gasteiger charge is 2.49. The van der Waals surface area contributed by atoms with Gasteiger partial charge in [-0.25, -0.2) is 4.98 Å². The highest BCUT2D eigenvalue weighted by Crippen LogP contribution is 2.41. The SMILES string of the molecule is CCCCOC[C@H]1O[C@@H](c2ccc(C(F)(F)F)c(Cc3ncc(-c4ccco4)s3)c2)[C@H](OCCCC)[C@@H](OCCCC)[C@@H]1OCCCC. The van der Waals surface area contributed by atoms with Gasteiger partial charge in [-0.15, -0.1) is 11.3 Å². The average molecular weight is 696 g/mol. The predicted molar refractivity (Wildman–Crippen MR) is 181 cm³/mol. The van der Waals surface area contributed by atoms with E-state index in [9.17, 15) is 13.2 Å². The summed E-state index contributed by atoms with van der Waals surface area (Å²) in [4.78, 5) is 5.20. The summed E-state index contributed by atoms with van der Waals surface area (Å²) in [6, 6.07) is 7.85. The van der Waals surface area contributed by atoms with E-state index in [0.29, 0.717) is 42.8 Å². The van der Waals surface area contributed by atoms with Crippen molar-refractivity contribution in [3.63, 3.8) is 0 Å². The molecule has 2 aromatic heterocycles. The summed E-state index contributed by atoms with van der Waals surface area (Å²) in [5.74, 6) is 0.628. The number of thiazole rings is 1. The Balaban J connectivity index is 1.73. The molecule has 0 amide bonds. The number of nitrogens with zero attached hydrogens (tertiary/aromatic N) is 1. The Hall–Kier alpha value is -2.28. The van der Waals surface area contributed by atoms with Gasteiger partial charge in [0.1, 0.15) is 36.3 Å². The fourth-order valence-corrected chi connectivity index (χ4v) is 6.64. The van der Waals surface area contributed by atoms with E-state index in [-0.39, 0.29) is 18.6 Å². The molecule has 11 heteroatoms. The minimum atomic E-state index is -4.54. The van der Waals surface area contributed by atoms with E-state index in [1.54, 1.807) is 30.7 Å². The number of ether oxygens (including phenoxy) is 5. The average Bonchev–Trinajstić information content (AvgIpc) is 3.77. The molecule has 0 N–H and O–H groups in total. The van der Waals surface area contributed by atoms with Crippen LogP contribution in [0.15, 0.2) is 47.2 Å². The van der Waals surface area contributed by atoms with Crippen molar-refractivity contribution in [1.29, 1.82) is 0 Å². The van der Waals surface area contributed by atoms with Crippen LogP contribution in [0.4, 0.5) is 13.2 Å². The van der Waals surface area contributed by atoms with Crippen molar-refractivity contribution in [1.82, 2.24) is 4.98 Å². The van der Waals surface area contributed by atoms with Crippen LogP contribution in [0.3, 0.4) is 0 Å². The molecule has 268 valence electrons. The summed E-state index contributed by atoms with van der Waals surface area (Å²) < 4.78 is 81.1. The van der Waals surface area contributed by atoms with Crippen LogP contribution in [-0.4, -0.2) is 62.4 Å². The number of unbranched alkanes of at least 4 members (excludes halogenated alkanes) is 4. The number of aromatic nitrogens is 1. The summed E-state index contributed by atoms with van der Waals surface area (Å²) in [5, 5.41) is 0.553. The van der Waals surface area contributed by atoms with Gasteiger partial charge in [0.2, 0.25) is 0 Å². The second-order valence-corrected chi connectivity index (χ2v) is 13.4.